The number of carbonyl (C=O) groups excluding carboxylic acids is 1. The molecule has 1 aliphatic heterocycles. The summed E-state index contributed by atoms with van der Waals surface area (Å²) in [7, 11) is 1.63. The fourth-order valence-electron chi connectivity index (χ4n) is 3.36. The summed E-state index contributed by atoms with van der Waals surface area (Å²) in [5, 5.41) is 12.7. The number of rotatable bonds is 4. The van der Waals surface area contributed by atoms with Crippen LogP contribution in [0.25, 0.3) is 5.65 Å². The number of fused-ring (bicyclic) bond motifs is 1. The number of methoxy groups -OCH3 is 1. The molecule has 8 heteroatoms. The van der Waals surface area contributed by atoms with Crippen LogP contribution in [0.3, 0.4) is 0 Å². The van der Waals surface area contributed by atoms with Gasteiger partial charge < -0.3 is 14.5 Å². The number of piperazine rings is 1. The van der Waals surface area contributed by atoms with Crippen molar-refractivity contribution < 1.29 is 9.53 Å². The summed E-state index contributed by atoms with van der Waals surface area (Å²) in [5.74, 6) is 2.52. The zero-order valence-electron chi connectivity index (χ0n) is 15.5. The lowest BCUT2D eigenvalue weighted by Crippen LogP contribution is -2.49. The van der Waals surface area contributed by atoms with Gasteiger partial charge in [0.25, 0.3) is 0 Å². The molecule has 0 spiro atoms. The van der Waals surface area contributed by atoms with Crippen molar-refractivity contribution in [2.45, 2.75) is 13.3 Å². The van der Waals surface area contributed by atoms with E-state index in [2.05, 4.69) is 20.2 Å². The molecule has 0 aliphatic carbocycles. The van der Waals surface area contributed by atoms with Crippen LogP contribution in [0.5, 0.6) is 5.75 Å². The van der Waals surface area contributed by atoms with Gasteiger partial charge in [0, 0.05) is 31.7 Å². The highest BCUT2D eigenvalue weighted by atomic mass is 16.5. The Kier molecular flexibility index (Phi) is 4.62. The van der Waals surface area contributed by atoms with E-state index in [-0.39, 0.29) is 5.91 Å². The molecule has 3 aromatic rings. The topological polar surface area (TPSA) is 75.9 Å². The Bertz CT molecular complexity index is 962. The average Bonchev–Trinajstić information content (AvgIpc) is 3.09. The second-order valence-electron chi connectivity index (χ2n) is 6.57. The van der Waals surface area contributed by atoms with Crippen LogP contribution in [0.15, 0.2) is 36.4 Å². The predicted octanol–water partition coefficient (Wildman–Crippen LogP) is 1.33. The summed E-state index contributed by atoms with van der Waals surface area (Å²) in [6.45, 7) is 4.73. The van der Waals surface area contributed by atoms with Crippen LogP contribution in [-0.4, -0.2) is 63.9 Å². The molecule has 3 heterocycles. The number of carbonyl (C=O) groups is 1. The van der Waals surface area contributed by atoms with Crippen LogP contribution in [0.1, 0.15) is 11.4 Å². The summed E-state index contributed by atoms with van der Waals surface area (Å²) < 4.78 is 7.09. The van der Waals surface area contributed by atoms with Crippen molar-refractivity contribution in [1.82, 2.24) is 24.7 Å². The zero-order chi connectivity index (χ0) is 18.8. The molecule has 0 atom stereocenters. The fourth-order valence-corrected chi connectivity index (χ4v) is 3.36. The fraction of sp³-hybridized carbons (Fsp3) is 0.368. The molecule has 1 aromatic carbocycles. The maximum absolute atomic E-state index is 12.7. The Balaban J connectivity index is 1.40. The molecule has 140 valence electrons. The standard InChI is InChI=1S/C19H22N6O2/c1-14-20-21-17-7-8-18(22-25(14)17)23-9-11-24(12-10-23)19(26)13-15-5-3-4-6-16(15)27-2/h3-8H,9-13H2,1-2H3. The Labute approximate surface area is 157 Å². The number of aromatic nitrogens is 4. The third-order valence-electron chi connectivity index (χ3n) is 4.90. The van der Waals surface area contributed by atoms with Crippen LogP contribution >= 0.6 is 0 Å². The van der Waals surface area contributed by atoms with E-state index in [0.717, 1.165) is 41.7 Å². The van der Waals surface area contributed by atoms with E-state index < -0.39 is 0 Å². The highest BCUT2D eigenvalue weighted by Crippen LogP contribution is 2.20. The Morgan fingerprint density at radius 1 is 1.07 bits per heavy atom. The van der Waals surface area contributed by atoms with Gasteiger partial charge in [0.2, 0.25) is 5.91 Å². The molecule has 27 heavy (non-hydrogen) atoms. The van der Waals surface area contributed by atoms with Crippen molar-refractivity contribution in [3.8, 4) is 5.75 Å². The van der Waals surface area contributed by atoms with Crippen LogP contribution in [0.2, 0.25) is 0 Å². The van der Waals surface area contributed by atoms with E-state index in [0.29, 0.717) is 19.5 Å². The predicted molar refractivity (Wildman–Crippen MR) is 101 cm³/mol. The van der Waals surface area contributed by atoms with Gasteiger partial charge in [0.1, 0.15) is 11.6 Å². The van der Waals surface area contributed by atoms with Gasteiger partial charge in [-0.05, 0) is 25.1 Å². The quantitative estimate of drug-likeness (QED) is 0.693. The monoisotopic (exact) mass is 366 g/mol. The molecule has 8 nitrogen and oxygen atoms in total. The Hall–Kier alpha value is -3.16. The van der Waals surface area contributed by atoms with E-state index in [4.69, 9.17) is 4.74 Å². The second kappa shape index (κ2) is 7.22. The summed E-state index contributed by atoms with van der Waals surface area (Å²) >= 11 is 0. The minimum atomic E-state index is 0.122. The molecule has 1 amide bonds. The maximum atomic E-state index is 12.7. The number of hydrogen-bond acceptors (Lipinski definition) is 6. The van der Waals surface area contributed by atoms with Gasteiger partial charge in [0.05, 0.1) is 13.5 Å². The van der Waals surface area contributed by atoms with Crippen LogP contribution in [0.4, 0.5) is 5.82 Å². The summed E-state index contributed by atoms with van der Waals surface area (Å²) in [6, 6.07) is 11.5. The minimum Gasteiger partial charge on any atom is -0.496 e. The van der Waals surface area contributed by atoms with Gasteiger partial charge in [-0.15, -0.1) is 15.3 Å². The Morgan fingerprint density at radius 2 is 1.85 bits per heavy atom. The van der Waals surface area contributed by atoms with Crippen LogP contribution < -0.4 is 9.64 Å². The first-order valence-corrected chi connectivity index (χ1v) is 8.99. The molecule has 0 N–H and O–H groups in total. The molecule has 0 radical (unpaired) electrons. The first-order valence-electron chi connectivity index (χ1n) is 8.99. The number of aryl methyl sites for hydroxylation is 1. The van der Waals surface area contributed by atoms with Crippen molar-refractivity contribution in [3.63, 3.8) is 0 Å². The number of ether oxygens (including phenoxy) is 1. The van der Waals surface area contributed by atoms with Gasteiger partial charge in [-0.3, -0.25) is 4.79 Å². The van der Waals surface area contributed by atoms with E-state index in [1.807, 2.05) is 48.2 Å². The van der Waals surface area contributed by atoms with E-state index in [9.17, 15) is 4.79 Å². The van der Waals surface area contributed by atoms with Crippen molar-refractivity contribution in [1.29, 1.82) is 0 Å². The van der Waals surface area contributed by atoms with Gasteiger partial charge in [-0.25, -0.2) is 0 Å². The minimum absolute atomic E-state index is 0.122. The van der Waals surface area contributed by atoms with Gasteiger partial charge in [-0.1, -0.05) is 18.2 Å². The molecule has 2 aromatic heterocycles. The molecular formula is C19H22N6O2. The normalized spacial score (nSPS) is 14.6. The molecule has 0 unspecified atom stereocenters. The number of para-hydroxylation sites is 1. The number of benzene rings is 1. The smallest absolute Gasteiger partial charge is 0.227 e. The van der Waals surface area contributed by atoms with E-state index in [1.165, 1.54) is 0 Å². The average molecular weight is 366 g/mol. The van der Waals surface area contributed by atoms with Crippen LogP contribution in [-0.2, 0) is 11.2 Å². The van der Waals surface area contributed by atoms with Gasteiger partial charge in [-0.2, -0.15) is 4.52 Å². The molecular weight excluding hydrogens is 344 g/mol. The molecule has 0 saturated carbocycles. The molecule has 0 bridgehead atoms. The van der Waals surface area contributed by atoms with Crippen molar-refractivity contribution >= 4 is 17.4 Å². The SMILES string of the molecule is COc1ccccc1CC(=O)N1CCN(c2ccc3nnc(C)n3n2)CC1. The highest BCUT2D eigenvalue weighted by molar-refractivity contribution is 5.79. The van der Waals surface area contributed by atoms with Crippen molar-refractivity contribution in [2.75, 3.05) is 38.2 Å². The summed E-state index contributed by atoms with van der Waals surface area (Å²) in [5.41, 5.74) is 1.66. The van der Waals surface area contributed by atoms with Crippen LogP contribution in [0, 0.1) is 6.92 Å². The summed E-state index contributed by atoms with van der Waals surface area (Å²) in [4.78, 5) is 16.8. The largest absolute Gasteiger partial charge is 0.496 e. The lowest BCUT2D eigenvalue weighted by atomic mass is 10.1. The van der Waals surface area contributed by atoms with Gasteiger partial charge >= 0.3 is 0 Å². The summed E-state index contributed by atoms with van der Waals surface area (Å²) in [6.07, 6.45) is 0.355. The number of amides is 1. The number of nitrogens with zero attached hydrogens (tertiary/aromatic N) is 6. The zero-order valence-corrected chi connectivity index (χ0v) is 15.5. The first kappa shape index (κ1) is 17.3. The Morgan fingerprint density at radius 3 is 2.63 bits per heavy atom. The van der Waals surface area contributed by atoms with Crippen molar-refractivity contribution in [2.24, 2.45) is 0 Å². The molecule has 4 rings (SSSR count). The highest BCUT2D eigenvalue weighted by Gasteiger charge is 2.23. The lowest BCUT2D eigenvalue weighted by molar-refractivity contribution is -0.130. The maximum Gasteiger partial charge on any atom is 0.227 e. The second-order valence-corrected chi connectivity index (χ2v) is 6.57. The van der Waals surface area contributed by atoms with E-state index in [1.54, 1.807) is 11.6 Å². The first-order chi connectivity index (χ1) is 13.2. The third kappa shape index (κ3) is 3.42. The number of anilines is 1. The van der Waals surface area contributed by atoms with Crippen molar-refractivity contribution in [3.05, 3.63) is 47.8 Å². The molecule has 1 fully saturated rings. The molecule has 1 saturated heterocycles. The number of hydrogen-bond donors (Lipinski definition) is 0. The third-order valence-corrected chi connectivity index (χ3v) is 4.90. The molecule has 1 aliphatic rings. The lowest BCUT2D eigenvalue weighted by Gasteiger charge is -2.35. The van der Waals surface area contributed by atoms with E-state index >= 15 is 0 Å². The van der Waals surface area contributed by atoms with Gasteiger partial charge in [0.15, 0.2) is 11.5 Å².